The Kier molecular flexibility index (Phi) is 8.03. The zero-order valence-corrected chi connectivity index (χ0v) is 14.3. The highest BCUT2D eigenvalue weighted by atomic mass is 35.5. The molecule has 1 aliphatic rings. The van der Waals surface area contributed by atoms with E-state index in [2.05, 4.69) is 10.3 Å². The molecule has 0 radical (unpaired) electrons. The fraction of sp³-hybridized carbons (Fsp3) is 0.692. The first-order chi connectivity index (χ1) is 8.49. The third kappa shape index (κ3) is 4.88. The van der Waals surface area contributed by atoms with Crippen LogP contribution in [0.4, 0.5) is 0 Å². The smallest absolute Gasteiger partial charge is 0.225 e. The summed E-state index contributed by atoms with van der Waals surface area (Å²) in [6, 6.07) is 0. The summed E-state index contributed by atoms with van der Waals surface area (Å²) in [4.78, 5) is 17.5. The fourth-order valence-corrected chi connectivity index (χ4v) is 3.31. The second-order valence-corrected chi connectivity index (χ2v) is 6.69. The maximum Gasteiger partial charge on any atom is 0.225 e. The Morgan fingerprint density at radius 2 is 2.25 bits per heavy atom. The number of aromatic nitrogens is 1. The van der Waals surface area contributed by atoms with Gasteiger partial charge in [-0.2, -0.15) is 0 Å². The molecule has 0 bridgehead atoms. The van der Waals surface area contributed by atoms with E-state index in [1.54, 1.807) is 11.3 Å². The Hall–Kier alpha value is -0.360. The SMILES string of the molecule is Cc1ncc(CNC(=O)C2CCCCC2(C)N)s1.Cl.Cl. The van der Waals surface area contributed by atoms with Crippen LogP contribution in [-0.4, -0.2) is 16.4 Å². The van der Waals surface area contributed by atoms with Gasteiger partial charge in [-0.3, -0.25) is 4.79 Å². The molecule has 1 aliphatic carbocycles. The van der Waals surface area contributed by atoms with E-state index < -0.39 is 0 Å². The van der Waals surface area contributed by atoms with Gasteiger partial charge in [0.2, 0.25) is 5.91 Å². The largest absolute Gasteiger partial charge is 0.351 e. The molecule has 0 spiro atoms. The normalized spacial score (nSPS) is 25.2. The molecule has 116 valence electrons. The summed E-state index contributed by atoms with van der Waals surface area (Å²) in [7, 11) is 0. The van der Waals surface area contributed by atoms with Gasteiger partial charge >= 0.3 is 0 Å². The highest BCUT2D eigenvalue weighted by molar-refractivity contribution is 7.11. The van der Waals surface area contributed by atoms with E-state index in [9.17, 15) is 4.79 Å². The lowest BCUT2D eigenvalue weighted by atomic mass is 9.74. The molecule has 0 aromatic carbocycles. The maximum atomic E-state index is 12.2. The van der Waals surface area contributed by atoms with Crippen molar-refractivity contribution in [3.8, 4) is 0 Å². The molecule has 20 heavy (non-hydrogen) atoms. The van der Waals surface area contributed by atoms with E-state index in [1.165, 1.54) is 0 Å². The molecule has 2 rings (SSSR count). The zero-order valence-electron chi connectivity index (χ0n) is 11.8. The lowest BCUT2D eigenvalue weighted by Gasteiger charge is -2.37. The number of aryl methyl sites for hydroxylation is 1. The predicted molar refractivity (Wildman–Crippen MR) is 87.7 cm³/mol. The van der Waals surface area contributed by atoms with Crippen LogP contribution in [0.3, 0.4) is 0 Å². The molecule has 2 unspecified atom stereocenters. The highest BCUT2D eigenvalue weighted by Crippen LogP contribution is 2.31. The molecule has 1 aromatic heterocycles. The van der Waals surface area contributed by atoms with E-state index in [0.717, 1.165) is 35.6 Å². The first kappa shape index (κ1) is 19.6. The number of rotatable bonds is 3. The molecule has 7 heteroatoms. The predicted octanol–water partition coefficient (Wildman–Crippen LogP) is 2.82. The van der Waals surface area contributed by atoms with Crippen molar-refractivity contribution in [1.29, 1.82) is 0 Å². The van der Waals surface area contributed by atoms with E-state index in [4.69, 9.17) is 5.73 Å². The fourth-order valence-electron chi connectivity index (χ4n) is 2.57. The van der Waals surface area contributed by atoms with Crippen molar-refractivity contribution in [1.82, 2.24) is 10.3 Å². The number of nitrogens with zero attached hydrogens (tertiary/aromatic N) is 1. The number of nitrogens with two attached hydrogens (primary N) is 1. The van der Waals surface area contributed by atoms with E-state index in [-0.39, 0.29) is 42.2 Å². The van der Waals surface area contributed by atoms with Crippen LogP contribution >= 0.6 is 36.2 Å². The van der Waals surface area contributed by atoms with Crippen molar-refractivity contribution in [2.24, 2.45) is 11.7 Å². The number of hydrogen-bond donors (Lipinski definition) is 2. The van der Waals surface area contributed by atoms with Crippen molar-refractivity contribution in [2.45, 2.75) is 51.6 Å². The van der Waals surface area contributed by atoms with E-state index in [1.807, 2.05) is 20.0 Å². The van der Waals surface area contributed by atoms with Gasteiger partial charge in [-0.25, -0.2) is 4.98 Å². The summed E-state index contributed by atoms with van der Waals surface area (Å²) in [6.45, 7) is 4.53. The van der Waals surface area contributed by atoms with Gasteiger partial charge in [0.15, 0.2) is 0 Å². The minimum Gasteiger partial charge on any atom is -0.351 e. The number of nitrogens with one attached hydrogen (secondary N) is 1. The number of carbonyl (C=O) groups is 1. The van der Waals surface area contributed by atoms with Crippen LogP contribution in [-0.2, 0) is 11.3 Å². The molecule has 1 saturated carbocycles. The van der Waals surface area contributed by atoms with Gasteiger partial charge in [0.25, 0.3) is 0 Å². The minimum absolute atomic E-state index is 0. The zero-order chi connectivity index (χ0) is 13.2. The van der Waals surface area contributed by atoms with Crippen molar-refractivity contribution in [3.05, 3.63) is 16.1 Å². The van der Waals surface area contributed by atoms with E-state index in [0.29, 0.717) is 6.54 Å². The van der Waals surface area contributed by atoms with Crippen LogP contribution in [0.2, 0.25) is 0 Å². The third-order valence-electron chi connectivity index (χ3n) is 3.68. The van der Waals surface area contributed by atoms with Gasteiger partial charge in [-0.05, 0) is 26.7 Å². The van der Waals surface area contributed by atoms with Gasteiger partial charge < -0.3 is 11.1 Å². The Balaban J connectivity index is 0.00000180. The Bertz CT molecular complexity index is 437. The molecule has 0 saturated heterocycles. The molecule has 3 N–H and O–H groups in total. The van der Waals surface area contributed by atoms with Crippen molar-refractivity contribution >= 4 is 42.1 Å². The van der Waals surface area contributed by atoms with Crippen LogP contribution in [0.25, 0.3) is 0 Å². The van der Waals surface area contributed by atoms with Gasteiger partial charge in [-0.15, -0.1) is 36.2 Å². The summed E-state index contributed by atoms with van der Waals surface area (Å²) >= 11 is 1.62. The molecule has 1 amide bonds. The second kappa shape index (κ2) is 8.17. The Morgan fingerprint density at radius 3 is 2.80 bits per heavy atom. The van der Waals surface area contributed by atoms with Crippen LogP contribution in [0.1, 0.15) is 42.5 Å². The molecule has 0 aliphatic heterocycles. The molecule has 1 fully saturated rings. The van der Waals surface area contributed by atoms with Gasteiger partial charge in [0.05, 0.1) is 17.5 Å². The molecular formula is C13H23Cl2N3OS. The topological polar surface area (TPSA) is 68.0 Å². The lowest BCUT2D eigenvalue weighted by molar-refractivity contribution is -0.128. The Labute approximate surface area is 136 Å². The summed E-state index contributed by atoms with van der Waals surface area (Å²) in [5.74, 6) is 0.0334. The third-order valence-corrected chi connectivity index (χ3v) is 4.59. The van der Waals surface area contributed by atoms with Crippen molar-refractivity contribution < 1.29 is 4.79 Å². The number of thiazole rings is 1. The summed E-state index contributed by atoms with van der Waals surface area (Å²) < 4.78 is 0. The number of hydrogen-bond acceptors (Lipinski definition) is 4. The molecule has 1 aromatic rings. The standard InChI is InChI=1S/C13H21N3OS.2ClH/c1-9-15-7-10(18-9)8-16-12(17)11-5-3-4-6-13(11,2)14;;/h7,11H,3-6,8,14H2,1-2H3,(H,16,17);2*1H. The van der Waals surface area contributed by atoms with Crippen LogP contribution in [0.15, 0.2) is 6.20 Å². The molecular weight excluding hydrogens is 317 g/mol. The minimum atomic E-state index is -0.355. The van der Waals surface area contributed by atoms with Gasteiger partial charge in [0.1, 0.15) is 0 Å². The van der Waals surface area contributed by atoms with Gasteiger partial charge in [0, 0.05) is 16.6 Å². The Morgan fingerprint density at radius 1 is 1.55 bits per heavy atom. The first-order valence-corrected chi connectivity index (χ1v) is 7.28. The number of halogens is 2. The van der Waals surface area contributed by atoms with Crippen LogP contribution in [0, 0.1) is 12.8 Å². The highest BCUT2D eigenvalue weighted by Gasteiger charge is 2.37. The average Bonchev–Trinajstić information content (AvgIpc) is 2.71. The molecule has 1 heterocycles. The number of carbonyl (C=O) groups excluding carboxylic acids is 1. The lowest BCUT2D eigenvalue weighted by Crippen LogP contribution is -2.52. The average molecular weight is 340 g/mol. The summed E-state index contributed by atoms with van der Waals surface area (Å²) in [5.41, 5.74) is 5.87. The monoisotopic (exact) mass is 339 g/mol. The summed E-state index contributed by atoms with van der Waals surface area (Å²) in [6.07, 6.45) is 5.89. The number of amides is 1. The quantitative estimate of drug-likeness (QED) is 0.889. The van der Waals surface area contributed by atoms with Crippen LogP contribution in [0.5, 0.6) is 0 Å². The van der Waals surface area contributed by atoms with Crippen LogP contribution < -0.4 is 11.1 Å². The first-order valence-electron chi connectivity index (χ1n) is 6.47. The second-order valence-electron chi connectivity index (χ2n) is 5.37. The maximum absolute atomic E-state index is 12.2. The summed E-state index contributed by atoms with van der Waals surface area (Å²) in [5, 5.41) is 4.02. The molecule has 2 atom stereocenters. The molecule has 4 nitrogen and oxygen atoms in total. The van der Waals surface area contributed by atoms with Crippen molar-refractivity contribution in [3.63, 3.8) is 0 Å². The van der Waals surface area contributed by atoms with Crippen molar-refractivity contribution in [2.75, 3.05) is 0 Å². The van der Waals surface area contributed by atoms with E-state index >= 15 is 0 Å². The van der Waals surface area contributed by atoms with Gasteiger partial charge in [-0.1, -0.05) is 12.8 Å².